The van der Waals surface area contributed by atoms with Gasteiger partial charge in [-0.1, -0.05) is 47.5 Å². The second-order valence-electron chi connectivity index (χ2n) is 6.54. The third-order valence-corrected chi connectivity index (χ3v) is 6.13. The van der Waals surface area contributed by atoms with Gasteiger partial charge in [0, 0.05) is 5.56 Å². The number of halogens is 2. The van der Waals surface area contributed by atoms with E-state index in [0.29, 0.717) is 15.0 Å². The van der Waals surface area contributed by atoms with E-state index in [1.807, 2.05) is 36.4 Å². The van der Waals surface area contributed by atoms with Crippen molar-refractivity contribution in [1.29, 1.82) is 0 Å². The summed E-state index contributed by atoms with van der Waals surface area (Å²) < 4.78 is 0. The second-order valence-corrected chi connectivity index (χ2v) is 8.37. The van der Waals surface area contributed by atoms with Crippen LogP contribution in [0.2, 0.25) is 10.0 Å². The van der Waals surface area contributed by atoms with Crippen molar-refractivity contribution in [3.8, 4) is 11.4 Å². The molecule has 2 N–H and O–H groups in total. The van der Waals surface area contributed by atoms with Crippen LogP contribution < -0.4 is 5.32 Å². The van der Waals surface area contributed by atoms with Gasteiger partial charge in [0.2, 0.25) is 0 Å². The van der Waals surface area contributed by atoms with Gasteiger partial charge in [0.25, 0.3) is 11.1 Å². The zero-order chi connectivity index (χ0) is 20.1. The van der Waals surface area contributed by atoms with Crippen molar-refractivity contribution in [2.45, 2.75) is 0 Å². The van der Waals surface area contributed by atoms with E-state index in [4.69, 9.17) is 23.2 Å². The highest BCUT2D eigenvalue weighted by atomic mass is 35.5. The summed E-state index contributed by atoms with van der Waals surface area (Å²) in [6.07, 6.45) is 1.71. The van der Waals surface area contributed by atoms with E-state index in [9.17, 15) is 9.59 Å². The van der Waals surface area contributed by atoms with Gasteiger partial charge in [-0.3, -0.25) is 14.9 Å². The van der Waals surface area contributed by atoms with Crippen molar-refractivity contribution >= 4 is 74.0 Å². The number of hydrogen-bond acceptors (Lipinski definition) is 4. The number of aromatic nitrogens is 2. The van der Waals surface area contributed by atoms with Gasteiger partial charge in [-0.05, 0) is 58.4 Å². The van der Waals surface area contributed by atoms with Crippen LogP contribution in [0.25, 0.3) is 39.3 Å². The second kappa shape index (κ2) is 6.91. The number of imidazole rings is 1. The summed E-state index contributed by atoms with van der Waals surface area (Å²) in [6.45, 7) is 0. The van der Waals surface area contributed by atoms with Crippen molar-refractivity contribution in [3.05, 3.63) is 69.0 Å². The maximum absolute atomic E-state index is 11.7. The lowest BCUT2D eigenvalue weighted by Crippen LogP contribution is -2.17. The molecule has 0 saturated carbocycles. The summed E-state index contributed by atoms with van der Waals surface area (Å²) in [4.78, 5) is 31.3. The van der Waals surface area contributed by atoms with Crippen LogP contribution in [0.5, 0.6) is 0 Å². The van der Waals surface area contributed by atoms with Gasteiger partial charge in [0.1, 0.15) is 5.82 Å². The Kier molecular flexibility index (Phi) is 4.35. The van der Waals surface area contributed by atoms with Crippen molar-refractivity contribution in [1.82, 2.24) is 15.3 Å². The third kappa shape index (κ3) is 3.40. The van der Waals surface area contributed by atoms with Crippen molar-refractivity contribution in [2.75, 3.05) is 0 Å². The van der Waals surface area contributed by atoms with E-state index in [2.05, 4.69) is 15.3 Å². The molecule has 5 nitrogen and oxygen atoms in total. The number of imide groups is 1. The van der Waals surface area contributed by atoms with Crippen LogP contribution >= 0.6 is 35.0 Å². The van der Waals surface area contributed by atoms with E-state index in [1.165, 1.54) is 0 Å². The van der Waals surface area contributed by atoms with Crippen LogP contribution in [0.1, 0.15) is 5.56 Å². The molecule has 1 aromatic heterocycles. The van der Waals surface area contributed by atoms with Crippen LogP contribution in [0.3, 0.4) is 0 Å². The molecule has 142 valence electrons. The molecule has 0 aliphatic carbocycles. The average Bonchev–Trinajstić information content (AvgIpc) is 3.24. The van der Waals surface area contributed by atoms with Crippen molar-refractivity contribution < 1.29 is 9.59 Å². The lowest BCUT2D eigenvalue weighted by Gasteiger charge is -2.03. The predicted octanol–water partition coefficient (Wildman–Crippen LogP) is 6.01. The number of fused-ring (bicyclic) bond motifs is 2. The average molecular weight is 440 g/mol. The van der Waals surface area contributed by atoms with E-state index in [-0.39, 0.29) is 11.1 Å². The fourth-order valence-corrected chi connectivity index (χ4v) is 4.22. The fraction of sp³-hybridized carbons (Fsp3) is 0. The highest BCUT2D eigenvalue weighted by Gasteiger charge is 2.24. The van der Waals surface area contributed by atoms with Gasteiger partial charge in [-0.25, -0.2) is 4.98 Å². The first-order chi connectivity index (χ1) is 14.0. The molecule has 2 amide bonds. The number of nitrogens with one attached hydrogen (secondary N) is 2. The molecule has 29 heavy (non-hydrogen) atoms. The smallest absolute Gasteiger partial charge is 0.290 e. The van der Waals surface area contributed by atoms with Crippen molar-refractivity contribution in [3.63, 3.8) is 0 Å². The quantitative estimate of drug-likeness (QED) is 0.374. The maximum Gasteiger partial charge on any atom is 0.290 e. The summed E-state index contributed by atoms with van der Waals surface area (Å²) in [6, 6.07) is 15.4. The summed E-state index contributed by atoms with van der Waals surface area (Å²) in [5, 5.41) is 4.90. The van der Waals surface area contributed by atoms with Crippen LogP contribution in [-0.2, 0) is 4.79 Å². The number of hydrogen-bond donors (Lipinski definition) is 2. The SMILES string of the molecule is O=C1NC(=O)/C(=C\c2ccc3cc(-c4nc5cc(Cl)c(Cl)cc5[nH]4)ccc3c2)S1. The lowest BCUT2D eigenvalue weighted by atomic mass is 10.0. The van der Waals surface area contributed by atoms with Gasteiger partial charge in [0.15, 0.2) is 0 Å². The van der Waals surface area contributed by atoms with E-state index < -0.39 is 0 Å². The molecule has 5 rings (SSSR count). The first-order valence-corrected chi connectivity index (χ1v) is 10.2. The van der Waals surface area contributed by atoms with E-state index in [0.717, 1.165) is 50.5 Å². The van der Waals surface area contributed by atoms with Crippen LogP contribution in [0.4, 0.5) is 4.79 Å². The molecule has 0 atom stereocenters. The van der Waals surface area contributed by atoms with Gasteiger partial charge in [0.05, 0.1) is 26.0 Å². The number of nitrogens with zero attached hydrogens (tertiary/aromatic N) is 1. The Morgan fingerprint density at radius 3 is 2.48 bits per heavy atom. The Morgan fingerprint density at radius 2 is 1.69 bits per heavy atom. The molecule has 1 aliphatic rings. The minimum absolute atomic E-state index is 0.347. The number of benzene rings is 3. The standard InChI is InChI=1S/C21H11Cl2N3O2S/c22-14-8-16-17(9-15(14)23)25-19(24-16)13-4-3-11-5-10(1-2-12(11)7-13)6-18-20(27)26-21(28)29-18/h1-9H,(H,24,25)(H,26,27,28)/b18-6+. The topological polar surface area (TPSA) is 74.8 Å². The number of aromatic amines is 1. The van der Waals surface area contributed by atoms with Crippen molar-refractivity contribution in [2.24, 2.45) is 0 Å². The van der Waals surface area contributed by atoms with Gasteiger partial charge in [-0.2, -0.15) is 0 Å². The minimum Gasteiger partial charge on any atom is -0.338 e. The Balaban J connectivity index is 1.52. The monoisotopic (exact) mass is 439 g/mol. The molecule has 0 unspecified atom stereocenters. The molecule has 2 heterocycles. The first kappa shape index (κ1) is 18.2. The molecule has 1 saturated heterocycles. The van der Waals surface area contributed by atoms with E-state index in [1.54, 1.807) is 18.2 Å². The highest BCUT2D eigenvalue weighted by Crippen LogP contribution is 2.31. The maximum atomic E-state index is 11.7. The van der Waals surface area contributed by atoms with Crippen LogP contribution in [-0.4, -0.2) is 21.1 Å². The van der Waals surface area contributed by atoms with Crippen LogP contribution in [0.15, 0.2) is 53.4 Å². The number of carbonyl (C=O) groups excluding carboxylic acids is 2. The summed E-state index contributed by atoms with van der Waals surface area (Å²) in [5.41, 5.74) is 3.35. The highest BCUT2D eigenvalue weighted by molar-refractivity contribution is 8.18. The Labute approximate surface area is 179 Å². The molecule has 4 aromatic rings. The number of thioether (sulfide) groups is 1. The molecular weight excluding hydrogens is 429 g/mol. The zero-order valence-corrected chi connectivity index (χ0v) is 17.0. The Morgan fingerprint density at radius 1 is 0.931 bits per heavy atom. The van der Waals surface area contributed by atoms with E-state index >= 15 is 0 Å². The molecule has 0 radical (unpaired) electrons. The molecule has 0 spiro atoms. The minimum atomic E-state index is -0.361. The van der Waals surface area contributed by atoms with Crippen LogP contribution in [0, 0.1) is 0 Å². The Bertz CT molecular complexity index is 1340. The van der Waals surface area contributed by atoms with Gasteiger partial charge >= 0.3 is 0 Å². The number of amides is 2. The number of carbonyl (C=O) groups is 2. The number of H-pyrrole nitrogens is 1. The molecule has 1 fully saturated rings. The predicted molar refractivity (Wildman–Crippen MR) is 118 cm³/mol. The first-order valence-electron chi connectivity index (χ1n) is 8.60. The summed E-state index contributed by atoms with van der Waals surface area (Å²) in [7, 11) is 0. The molecular formula is C21H11Cl2N3O2S. The fourth-order valence-electron chi connectivity index (χ4n) is 3.22. The zero-order valence-electron chi connectivity index (χ0n) is 14.6. The number of rotatable bonds is 2. The normalized spacial score (nSPS) is 15.6. The third-order valence-electron chi connectivity index (χ3n) is 4.60. The molecule has 8 heteroatoms. The molecule has 3 aromatic carbocycles. The lowest BCUT2D eigenvalue weighted by molar-refractivity contribution is -0.115. The molecule has 1 aliphatic heterocycles. The summed E-state index contributed by atoms with van der Waals surface area (Å²) >= 11 is 13.1. The Hall–Kier alpha value is -2.80. The van der Waals surface area contributed by atoms with Gasteiger partial charge < -0.3 is 4.98 Å². The largest absolute Gasteiger partial charge is 0.338 e. The summed E-state index contributed by atoms with van der Waals surface area (Å²) in [5.74, 6) is 0.365. The molecule has 0 bridgehead atoms. The van der Waals surface area contributed by atoms with Gasteiger partial charge in [-0.15, -0.1) is 0 Å².